The van der Waals surface area contributed by atoms with Gasteiger partial charge in [0.2, 0.25) is 5.88 Å². The zero-order valence-electron chi connectivity index (χ0n) is 12.7. The third-order valence-electron chi connectivity index (χ3n) is 3.04. The van der Waals surface area contributed by atoms with Crippen molar-refractivity contribution in [2.45, 2.75) is 0 Å². The summed E-state index contributed by atoms with van der Waals surface area (Å²) in [5.74, 6) is 0.558. The number of hydrogen-bond acceptors (Lipinski definition) is 4. The first-order valence-electron chi connectivity index (χ1n) is 6.95. The molecule has 0 aliphatic rings. The van der Waals surface area contributed by atoms with Crippen molar-refractivity contribution in [2.75, 3.05) is 32.2 Å². The minimum Gasteiger partial charge on any atom is -0.474 e. The summed E-state index contributed by atoms with van der Waals surface area (Å²) in [6.07, 6.45) is 5.84. The van der Waals surface area contributed by atoms with E-state index < -0.39 is 0 Å². The number of hydrogen-bond donors (Lipinski definition) is 1. The largest absolute Gasteiger partial charge is 0.474 e. The molecule has 2 aromatic rings. The number of aliphatic hydroxyl groups is 1. The van der Waals surface area contributed by atoms with E-state index in [4.69, 9.17) is 9.84 Å². The fourth-order valence-electron chi connectivity index (χ4n) is 1.86. The van der Waals surface area contributed by atoms with Gasteiger partial charge in [0.05, 0.1) is 10.2 Å². The lowest BCUT2D eigenvalue weighted by Crippen LogP contribution is -2.07. The van der Waals surface area contributed by atoms with Gasteiger partial charge < -0.3 is 14.7 Å². The zero-order valence-corrected chi connectivity index (χ0v) is 14.8. The lowest BCUT2D eigenvalue weighted by molar-refractivity contribution is 0.196. The van der Waals surface area contributed by atoms with Gasteiger partial charge in [-0.25, -0.2) is 4.98 Å². The van der Waals surface area contributed by atoms with E-state index in [1.165, 1.54) is 5.69 Å². The number of ether oxygens (including phenoxy) is 1. The van der Waals surface area contributed by atoms with Gasteiger partial charge >= 0.3 is 0 Å². The molecular formula is C17H19IN2O2. The zero-order chi connectivity index (χ0) is 15.9. The molecule has 116 valence electrons. The van der Waals surface area contributed by atoms with Crippen LogP contribution in [0.1, 0.15) is 11.1 Å². The fourth-order valence-corrected chi connectivity index (χ4v) is 2.51. The third-order valence-corrected chi connectivity index (χ3v) is 3.81. The van der Waals surface area contributed by atoms with Crippen molar-refractivity contribution in [3.63, 3.8) is 0 Å². The van der Waals surface area contributed by atoms with E-state index in [-0.39, 0.29) is 13.2 Å². The Hall–Kier alpha value is -1.60. The molecule has 0 saturated heterocycles. The smallest absolute Gasteiger partial charge is 0.227 e. The minimum atomic E-state index is -0.0115. The lowest BCUT2D eigenvalue weighted by atomic mass is 10.1. The predicted octanol–water partition coefficient (Wildman–Crippen LogP) is 3.29. The van der Waals surface area contributed by atoms with Gasteiger partial charge in [-0.15, -0.1) is 0 Å². The van der Waals surface area contributed by atoms with Crippen molar-refractivity contribution < 1.29 is 9.84 Å². The monoisotopic (exact) mass is 408 g/mol. The Labute approximate surface area is 144 Å². The van der Waals surface area contributed by atoms with Gasteiger partial charge in [-0.2, -0.15) is 0 Å². The molecule has 1 N–H and O–H groups in total. The molecule has 0 atom stereocenters. The number of benzene rings is 1. The number of aromatic nitrogens is 1. The van der Waals surface area contributed by atoms with Crippen molar-refractivity contribution in [1.29, 1.82) is 0 Å². The van der Waals surface area contributed by atoms with E-state index in [0.29, 0.717) is 5.88 Å². The second kappa shape index (κ2) is 8.14. The molecule has 0 fully saturated rings. The second-order valence-corrected chi connectivity index (χ2v) is 6.11. The van der Waals surface area contributed by atoms with E-state index in [1.807, 2.05) is 26.2 Å². The molecule has 1 heterocycles. The first-order chi connectivity index (χ1) is 10.6. The summed E-state index contributed by atoms with van der Waals surface area (Å²) >= 11 is 2.18. The van der Waals surface area contributed by atoms with Gasteiger partial charge in [-0.1, -0.05) is 24.3 Å². The van der Waals surface area contributed by atoms with Crippen LogP contribution in [0.15, 0.2) is 36.5 Å². The molecular weight excluding hydrogens is 389 g/mol. The van der Waals surface area contributed by atoms with Crippen molar-refractivity contribution in [1.82, 2.24) is 4.98 Å². The fraction of sp³-hybridized carbons (Fsp3) is 0.235. The molecule has 0 unspecified atom stereocenters. The number of aliphatic hydroxyl groups excluding tert-OH is 1. The average Bonchev–Trinajstić information content (AvgIpc) is 2.52. The second-order valence-electron chi connectivity index (χ2n) is 4.95. The molecule has 0 radical (unpaired) electrons. The predicted molar refractivity (Wildman–Crippen MR) is 99.2 cm³/mol. The standard InChI is InChI=1S/C17H19IN2O2/c1-20(2)15-7-5-13(6-8-15)3-4-14-11-16(18)17(19-12-14)22-10-9-21/h3-8,11-12,21H,9-10H2,1-2H3/b4-3+/i18-2. The van der Waals surface area contributed by atoms with Gasteiger partial charge in [0.15, 0.2) is 0 Å². The number of halogens is 1. The molecule has 0 saturated carbocycles. The Morgan fingerprint density at radius 1 is 1.18 bits per heavy atom. The first-order valence-corrected chi connectivity index (χ1v) is 8.02. The van der Waals surface area contributed by atoms with Crippen LogP contribution >= 0.6 is 22.6 Å². The summed E-state index contributed by atoms with van der Waals surface area (Å²) in [4.78, 5) is 6.34. The van der Waals surface area contributed by atoms with Crippen LogP contribution in [0.4, 0.5) is 5.69 Å². The highest BCUT2D eigenvalue weighted by molar-refractivity contribution is 14.1. The summed E-state index contributed by atoms with van der Waals surface area (Å²) in [6.45, 7) is 0.249. The Kier molecular flexibility index (Phi) is 6.21. The Balaban J connectivity index is 2.07. The van der Waals surface area contributed by atoms with Crippen LogP contribution in [-0.4, -0.2) is 37.4 Å². The van der Waals surface area contributed by atoms with E-state index >= 15 is 0 Å². The van der Waals surface area contributed by atoms with Gasteiger partial charge in [0.25, 0.3) is 0 Å². The summed E-state index contributed by atoms with van der Waals surface area (Å²) in [7, 11) is 4.05. The molecule has 0 spiro atoms. The molecule has 4 nitrogen and oxygen atoms in total. The van der Waals surface area contributed by atoms with Crippen molar-refractivity contribution in [2.24, 2.45) is 0 Å². The van der Waals surface area contributed by atoms with Crippen LogP contribution < -0.4 is 9.64 Å². The van der Waals surface area contributed by atoms with Crippen molar-refractivity contribution >= 4 is 40.4 Å². The quantitative estimate of drug-likeness (QED) is 0.746. The molecule has 0 amide bonds. The first kappa shape index (κ1) is 16.8. The Bertz CT molecular complexity index is 640. The van der Waals surface area contributed by atoms with Gasteiger partial charge in [0, 0.05) is 26.0 Å². The van der Waals surface area contributed by atoms with Crippen LogP contribution in [0, 0.1) is 3.57 Å². The van der Waals surface area contributed by atoms with Crippen LogP contribution in [0.3, 0.4) is 0 Å². The van der Waals surface area contributed by atoms with E-state index in [0.717, 1.165) is 14.7 Å². The van der Waals surface area contributed by atoms with Gasteiger partial charge in [0.1, 0.15) is 6.61 Å². The summed E-state index contributed by atoms with van der Waals surface area (Å²) < 4.78 is 6.27. The molecule has 1 aromatic carbocycles. The summed E-state index contributed by atoms with van der Waals surface area (Å²) in [5, 5.41) is 8.77. The highest BCUT2D eigenvalue weighted by atomic mass is 125. The Morgan fingerprint density at radius 2 is 1.86 bits per heavy atom. The molecule has 2 rings (SSSR count). The number of rotatable bonds is 6. The molecule has 0 aliphatic carbocycles. The maximum atomic E-state index is 8.77. The lowest BCUT2D eigenvalue weighted by Gasteiger charge is -2.11. The molecule has 1 aromatic heterocycles. The summed E-state index contributed by atoms with van der Waals surface area (Å²) in [6, 6.07) is 10.4. The van der Waals surface area contributed by atoms with E-state index in [9.17, 15) is 0 Å². The summed E-state index contributed by atoms with van der Waals surface area (Å²) in [5.41, 5.74) is 3.33. The maximum absolute atomic E-state index is 8.77. The van der Waals surface area contributed by atoms with Crippen molar-refractivity contribution in [3.05, 3.63) is 51.2 Å². The molecule has 5 heteroatoms. The topological polar surface area (TPSA) is 45.6 Å². The Morgan fingerprint density at radius 3 is 2.45 bits per heavy atom. The minimum absolute atomic E-state index is 0.0115. The number of anilines is 1. The van der Waals surface area contributed by atoms with Crippen LogP contribution in [0.2, 0.25) is 0 Å². The third kappa shape index (κ3) is 4.71. The van der Waals surface area contributed by atoms with E-state index in [2.05, 4.69) is 62.8 Å². The molecule has 0 bridgehead atoms. The van der Waals surface area contributed by atoms with Crippen LogP contribution in [-0.2, 0) is 0 Å². The normalized spacial score (nSPS) is 10.9. The maximum Gasteiger partial charge on any atom is 0.227 e. The molecule has 22 heavy (non-hydrogen) atoms. The highest BCUT2D eigenvalue weighted by Crippen LogP contribution is 2.20. The SMILES string of the molecule is CN(C)c1ccc(/C=C/c2cnc(OCCO)c([125I])c2)cc1. The van der Waals surface area contributed by atoms with E-state index in [1.54, 1.807) is 6.20 Å². The van der Waals surface area contributed by atoms with Gasteiger partial charge in [-0.3, -0.25) is 0 Å². The highest BCUT2D eigenvalue weighted by Gasteiger charge is 2.02. The molecule has 0 aliphatic heterocycles. The average molecular weight is 408 g/mol. The van der Waals surface area contributed by atoms with Gasteiger partial charge in [-0.05, 0) is 51.9 Å². The van der Waals surface area contributed by atoms with Crippen molar-refractivity contribution in [3.8, 4) is 5.88 Å². The number of pyridine rings is 1. The van der Waals surface area contributed by atoms with Crippen LogP contribution in [0.25, 0.3) is 12.2 Å². The number of nitrogens with zero attached hydrogens (tertiary/aromatic N) is 2. The van der Waals surface area contributed by atoms with Crippen LogP contribution in [0.5, 0.6) is 5.88 Å².